The summed E-state index contributed by atoms with van der Waals surface area (Å²) >= 11 is 0. The van der Waals surface area contributed by atoms with Crippen LogP contribution >= 0.6 is 0 Å². The van der Waals surface area contributed by atoms with Gasteiger partial charge in [-0.3, -0.25) is 9.59 Å². The van der Waals surface area contributed by atoms with Crippen LogP contribution < -0.4 is 9.47 Å². The molecule has 3 heterocycles. The molecule has 1 saturated carbocycles. The molecule has 42 heavy (non-hydrogen) atoms. The fourth-order valence-electron chi connectivity index (χ4n) is 6.09. The largest absolute Gasteiger partial charge is 0.471 e. The van der Waals surface area contributed by atoms with E-state index >= 15 is 0 Å². The summed E-state index contributed by atoms with van der Waals surface area (Å²) in [7, 11) is 0. The second-order valence-corrected chi connectivity index (χ2v) is 12.9. The minimum atomic E-state index is -2.97. The molecule has 1 amide bonds. The summed E-state index contributed by atoms with van der Waals surface area (Å²) in [6, 6.07) is 3.67. The maximum Gasteiger partial charge on any atom is 0.387 e. The summed E-state index contributed by atoms with van der Waals surface area (Å²) in [5, 5.41) is 0. The normalized spacial score (nSPS) is 29.2. The third kappa shape index (κ3) is 6.65. The van der Waals surface area contributed by atoms with Gasteiger partial charge in [-0.05, 0) is 49.1 Å². The quantitative estimate of drug-likeness (QED) is 0.360. The molecular formula is C31H39F2N3O6. The summed E-state index contributed by atoms with van der Waals surface area (Å²) in [5.41, 5.74) is 0.950. The van der Waals surface area contributed by atoms with Crippen molar-refractivity contribution in [3.05, 3.63) is 23.9 Å². The summed E-state index contributed by atoms with van der Waals surface area (Å²) in [4.78, 5) is 50.1. The molecule has 6 atom stereocenters. The molecule has 9 nitrogen and oxygen atoms in total. The van der Waals surface area contributed by atoms with Crippen molar-refractivity contribution < 1.29 is 37.4 Å². The first kappa shape index (κ1) is 30.1. The van der Waals surface area contributed by atoms with Gasteiger partial charge in [-0.1, -0.05) is 40.5 Å². The third-order valence-corrected chi connectivity index (χ3v) is 8.79. The van der Waals surface area contributed by atoms with Gasteiger partial charge in [-0.25, -0.2) is 9.97 Å². The second kappa shape index (κ2) is 12.1. The molecule has 2 fully saturated rings. The van der Waals surface area contributed by atoms with Crippen molar-refractivity contribution in [2.24, 2.45) is 23.2 Å². The van der Waals surface area contributed by atoms with E-state index in [1.54, 1.807) is 6.07 Å². The van der Waals surface area contributed by atoms with Crippen molar-refractivity contribution >= 4 is 29.2 Å². The number of aryl methyl sites for hydroxylation is 1. The van der Waals surface area contributed by atoms with Gasteiger partial charge in [0.2, 0.25) is 11.8 Å². The summed E-state index contributed by atoms with van der Waals surface area (Å²) in [5.74, 6) is -1.17. The smallest absolute Gasteiger partial charge is 0.387 e. The Morgan fingerprint density at radius 2 is 1.86 bits per heavy atom. The number of benzene rings is 1. The molecule has 2 bridgehead atoms. The number of aromatic nitrogens is 2. The molecule has 1 aromatic carbocycles. The molecule has 1 aliphatic carbocycles. The van der Waals surface area contributed by atoms with Gasteiger partial charge in [0.1, 0.15) is 29.9 Å². The Hall–Kier alpha value is -3.37. The standard InChI is InChI=1S/C31H39F2N3O6/c1-17-24(16-37)36-15-26(17)42-28-22(34-21-11-10-19(40-30(32)33)13-23(21)35-28)9-7-5-6-8-18-12-25(18)41-27(38)14-20(29(36)39)31(2,3)4/h10-11,13,16-18,20,24-26,30H,5-9,12,14-15H2,1-4H3/t17-,18+,20+,24+,25+,26-/m0/s1. The first-order valence-corrected chi connectivity index (χ1v) is 14.8. The summed E-state index contributed by atoms with van der Waals surface area (Å²) < 4.78 is 42.4. The Kier molecular flexibility index (Phi) is 8.66. The van der Waals surface area contributed by atoms with Crippen LogP contribution in [0.25, 0.3) is 11.0 Å². The van der Waals surface area contributed by atoms with Crippen molar-refractivity contribution in [3.63, 3.8) is 0 Å². The Morgan fingerprint density at radius 3 is 2.57 bits per heavy atom. The van der Waals surface area contributed by atoms with Crippen LogP contribution in [0, 0.1) is 23.2 Å². The van der Waals surface area contributed by atoms with E-state index < -0.39 is 30.1 Å². The van der Waals surface area contributed by atoms with E-state index in [-0.39, 0.29) is 48.5 Å². The van der Waals surface area contributed by atoms with Crippen molar-refractivity contribution in [2.75, 3.05) is 6.54 Å². The molecule has 228 valence electrons. The number of amides is 1. The fourth-order valence-corrected chi connectivity index (χ4v) is 6.09. The van der Waals surface area contributed by atoms with E-state index in [2.05, 4.69) is 9.72 Å². The monoisotopic (exact) mass is 587 g/mol. The third-order valence-electron chi connectivity index (χ3n) is 8.79. The number of hydrogen-bond acceptors (Lipinski definition) is 8. The molecular weight excluding hydrogens is 548 g/mol. The lowest BCUT2D eigenvalue weighted by Gasteiger charge is -2.34. The average Bonchev–Trinajstić information content (AvgIpc) is 3.57. The molecule has 0 radical (unpaired) electrons. The Balaban J connectivity index is 1.49. The van der Waals surface area contributed by atoms with Crippen LogP contribution in [-0.2, 0) is 25.5 Å². The number of fused-ring (bicyclic) bond motifs is 5. The van der Waals surface area contributed by atoms with Crippen LogP contribution in [0.2, 0.25) is 0 Å². The molecule has 0 unspecified atom stereocenters. The van der Waals surface area contributed by atoms with Crippen LogP contribution in [0.4, 0.5) is 8.78 Å². The molecule has 0 N–H and O–H groups in total. The number of aldehydes is 1. The molecule has 2 aromatic rings. The minimum Gasteiger partial charge on any atom is -0.471 e. The van der Waals surface area contributed by atoms with Crippen molar-refractivity contribution in [3.8, 4) is 11.6 Å². The zero-order valence-corrected chi connectivity index (χ0v) is 24.6. The van der Waals surface area contributed by atoms with Gasteiger partial charge in [0.05, 0.1) is 36.0 Å². The van der Waals surface area contributed by atoms with Crippen molar-refractivity contribution in [2.45, 2.75) is 97.5 Å². The Labute approximate surface area is 244 Å². The maximum absolute atomic E-state index is 13.9. The number of esters is 1. The van der Waals surface area contributed by atoms with Crippen molar-refractivity contribution in [1.82, 2.24) is 14.9 Å². The number of ether oxygens (including phenoxy) is 3. The first-order chi connectivity index (χ1) is 19.9. The zero-order valence-electron chi connectivity index (χ0n) is 24.6. The predicted molar refractivity (Wildman–Crippen MR) is 149 cm³/mol. The highest BCUT2D eigenvalue weighted by Crippen LogP contribution is 2.40. The Bertz CT molecular complexity index is 1330. The number of halogens is 2. The molecule has 0 spiro atoms. The molecule has 2 aliphatic heterocycles. The highest BCUT2D eigenvalue weighted by molar-refractivity contribution is 5.87. The molecule has 1 saturated heterocycles. The number of hydrogen-bond donors (Lipinski definition) is 0. The number of carbonyl (C=O) groups is 3. The van der Waals surface area contributed by atoms with Crippen LogP contribution in [0.5, 0.6) is 11.6 Å². The number of nitrogens with zero attached hydrogens (tertiary/aromatic N) is 3. The van der Waals surface area contributed by atoms with Crippen LogP contribution in [0.15, 0.2) is 18.2 Å². The molecule has 5 rings (SSSR count). The van der Waals surface area contributed by atoms with Gasteiger partial charge in [0, 0.05) is 12.0 Å². The number of rotatable bonds is 3. The average molecular weight is 588 g/mol. The molecule has 3 aliphatic rings. The fraction of sp³-hybridized carbons (Fsp3) is 0.645. The van der Waals surface area contributed by atoms with Crippen LogP contribution in [0.1, 0.15) is 71.9 Å². The van der Waals surface area contributed by atoms with Gasteiger partial charge in [0.15, 0.2) is 0 Å². The summed E-state index contributed by atoms with van der Waals surface area (Å²) in [6.45, 7) is 4.71. The SMILES string of the molecule is C[C@@H]1[C@@H]2CN(C(=O)[C@H](C(C)(C)C)CC(=O)O[C@@H]3C[C@H]3CCCCCc3nc4ccc(OC(F)F)cc4nc3O2)[C@@H]1C=O. The number of carbonyl (C=O) groups excluding carboxylic acids is 3. The first-order valence-electron chi connectivity index (χ1n) is 14.8. The van der Waals surface area contributed by atoms with Gasteiger partial charge in [0.25, 0.3) is 0 Å². The van der Waals surface area contributed by atoms with Crippen LogP contribution in [0.3, 0.4) is 0 Å². The van der Waals surface area contributed by atoms with Gasteiger partial charge < -0.3 is 23.9 Å². The lowest BCUT2D eigenvalue weighted by atomic mass is 9.77. The zero-order chi connectivity index (χ0) is 30.2. The van der Waals surface area contributed by atoms with E-state index in [0.29, 0.717) is 29.1 Å². The van der Waals surface area contributed by atoms with E-state index in [1.165, 1.54) is 17.0 Å². The van der Waals surface area contributed by atoms with E-state index in [0.717, 1.165) is 38.4 Å². The van der Waals surface area contributed by atoms with Gasteiger partial charge in [-0.2, -0.15) is 8.78 Å². The highest BCUT2D eigenvalue weighted by atomic mass is 19.3. The predicted octanol–water partition coefficient (Wildman–Crippen LogP) is 5.13. The summed E-state index contributed by atoms with van der Waals surface area (Å²) in [6.07, 6.45) is 5.14. The Morgan fingerprint density at radius 1 is 1.07 bits per heavy atom. The second-order valence-electron chi connectivity index (χ2n) is 12.9. The van der Waals surface area contributed by atoms with Crippen molar-refractivity contribution in [1.29, 1.82) is 0 Å². The minimum absolute atomic E-state index is 0.0379. The number of alkyl halides is 2. The maximum atomic E-state index is 13.9. The van der Waals surface area contributed by atoms with E-state index in [1.807, 2.05) is 27.7 Å². The topological polar surface area (TPSA) is 108 Å². The van der Waals surface area contributed by atoms with Gasteiger partial charge >= 0.3 is 12.6 Å². The lowest BCUT2D eigenvalue weighted by molar-refractivity contribution is -0.153. The van der Waals surface area contributed by atoms with E-state index in [9.17, 15) is 23.2 Å². The highest BCUT2D eigenvalue weighted by Gasteiger charge is 2.48. The van der Waals surface area contributed by atoms with Crippen LogP contribution in [-0.4, -0.2) is 64.4 Å². The lowest BCUT2D eigenvalue weighted by Crippen LogP contribution is -2.46. The molecule has 11 heteroatoms. The van der Waals surface area contributed by atoms with Gasteiger partial charge in [-0.15, -0.1) is 0 Å². The van der Waals surface area contributed by atoms with E-state index in [4.69, 9.17) is 14.5 Å². The molecule has 1 aromatic heterocycles.